The molecule has 2 amide bonds. The molecule has 25 heavy (non-hydrogen) atoms. The number of amides is 2. The van der Waals surface area contributed by atoms with Crippen LogP contribution in [0.25, 0.3) is 0 Å². The Morgan fingerprint density at radius 3 is 2.88 bits per heavy atom. The van der Waals surface area contributed by atoms with Gasteiger partial charge in [0.25, 0.3) is 0 Å². The molecular formula is C19H23N5O. The zero-order chi connectivity index (χ0) is 16.8. The molecule has 0 radical (unpaired) electrons. The van der Waals surface area contributed by atoms with Gasteiger partial charge < -0.3 is 10.2 Å². The van der Waals surface area contributed by atoms with Crippen molar-refractivity contribution < 1.29 is 4.79 Å². The molecule has 1 aliphatic heterocycles. The number of urea groups is 1. The number of hydrogen-bond acceptors (Lipinski definition) is 3. The topological polar surface area (TPSA) is 63.1 Å². The molecule has 0 bridgehead atoms. The fraction of sp³-hybridized carbons (Fsp3) is 0.526. The lowest BCUT2D eigenvalue weighted by Gasteiger charge is -2.32. The molecule has 1 saturated heterocycles. The average molecular weight is 337 g/mol. The number of carbonyl (C=O) groups is 1. The van der Waals surface area contributed by atoms with Gasteiger partial charge >= 0.3 is 6.03 Å². The first kappa shape index (κ1) is 14.9. The van der Waals surface area contributed by atoms with Gasteiger partial charge in [0.05, 0.1) is 6.20 Å². The minimum Gasteiger partial charge on any atom is -0.334 e. The van der Waals surface area contributed by atoms with Crippen LogP contribution in [0.3, 0.4) is 0 Å². The second-order valence-corrected chi connectivity index (χ2v) is 7.62. The van der Waals surface area contributed by atoms with Crippen LogP contribution in [0, 0.1) is 11.8 Å². The van der Waals surface area contributed by atoms with Crippen molar-refractivity contribution in [3.05, 3.63) is 47.8 Å². The predicted octanol–water partition coefficient (Wildman–Crippen LogP) is 2.04. The first-order valence-electron chi connectivity index (χ1n) is 9.27. The minimum atomic E-state index is 0.121. The second-order valence-electron chi connectivity index (χ2n) is 7.62. The van der Waals surface area contributed by atoms with Gasteiger partial charge in [-0.2, -0.15) is 0 Å². The summed E-state index contributed by atoms with van der Waals surface area (Å²) in [7, 11) is 0. The lowest BCUT2D eigenvalue weighted by Crippen LogP contribution is -2.46. The molecule has 0 unspecified atom stereocenters. The van der Waals surface area contributed by atoms with Crippen molar-refractivity contribution in [1.82, 2.24) is 25.2 Å². The Morgan fingerprint density at radius 1 is 1.24 bits per heavy atom. The lowest BCUT2D eigenvalue weighted by atomic mass is 9.97. The van der Waals surface area contributed by atoms with Crippen LogP contribution in [0.4, 0.5) is 4.79 Å². The van der Waals surface area contributed by atoms with Crippen LogP contribution in [0.15, 0.2) is 36.7 Å². The van der Waals surface area contributed by atoms with Crippen molar-refractivity contribution in [2.45, 2.75) is 37.8 Å². The van der Waals surface area contributed by atoms with Crippen LogP contribution in [-0.2, 0) is 13.0 Å². The summed E-state index contributed by atoms with van der Waals surface area (Å²) < 4.78 is 1.89. The van der Waals surface area contributed by atoms with E-state index in [9.17, 15) is 4.79 Å². The van der Waals surface area contributed by atoms with Crippen molar-refractivity contribution in [3.8, 4) is 0 Å². The summed E-state index contributed by atoms with van der Waals surface area (Å²) in [6, 6.07) is 9.13. The number of fused-ring (bicyclic) bond motifs is 3. The molecule has 2 aromatic rings. The molecule has 1 aromatic carbocycles. The van der Waals surface area contributed by atoms with Crippen molar-refractivity contribution in [1.29, 1.82) is 0 Å². The van der Waals surface area contributed by atoms with Crippen LogP contribution in [0.2, 0.25) is 0 Å². The van der Waals surface area contributed by atoms with E-state index in [4.69, 9.17) is 0 Å². The molecule has 3 atom stereocenters. The third kappa shape index (κ3) is 2.69. The second kappa shape index (κ2) is 5.86. The molecule has 2 heterocycles. The van der Waals surface area contributed by atoms with Crippen molar-refractivity contribution in [3.63, 3.8) is 0 Å². The SMILES string of the molecule is O=C(N[C@@H]1[C@H]2Cc3ccccc3[C@H]21)N1CCC(Cn2ccnn2)CC1. The molecule has 3 aliphatic rings. The van der Waals surface area contributed by atoms with Crippen LogP contribution >= 0.6 is 0 Å². The van der Waals surface area contributed by atoms with E-state index < -0.39 is 0 Å². The van der Waals surface area contributed by atoms with Gasteiger partial charge in [0.15, 0.2) is 0 Å². The fourth-order valence-corrected chi connectivity index (χ4v) is 4.70. The van der Waals surface area contributed by atoms with Gasteiger partial charge in [0.2, 0.25) is 0 Å². The van der Waals surface area contributed by atoms with Gasteiger partial charge in [0.1, 0.15) is 0 Å². The summed E-state index contributed by atoms with van der Waals surface area (Å²) in [6.07, 6.45) is 6.81. The van der Waals surface area contributed by atoms with Gasteiger partial charge in [0, 0.05) is 37.8 Å². The highest BCUT2D eigenvalue weighted by Crippen LogP contribution is 2.56. The van der Waals surface area contributed by atoms with Gasteiger partial charge in [-0.15, -0.1) is 5.10 Å². The number of carbonyl (C=O) groups excluding carboxylic acids is 1. The van der Waals surface area contributed by atoms with Gasteiger partial charge in [-0.3, -0.25) is 4.68 Å². The summed E-state index contributed by atoms with van der Waals surface area (Å²) in [5.41, 5.74) is 2.92. The highest BCUT2D eigenvalue weighted by atomic mass is 16.2. The Hall–Kier alpha value is -2.37. The summed E-state index contributed by atoms with van der Waals surface area (Å²) in [4.78, 5) is 14.6. The van der Waals surface area contributed by atoms with E-state index >= 15 is 0 Å². The molecule has 5 rings (SSSR count). The summed E-state index contributed by atoms with van der Waals surface area (Å²) in [5.74, 6) is 1.74. The number of aromatic nitrogens is 3. The quantitative estimate of drug-likeness (QED) is 0.932. The molecule has 0 spiro atoms. The highest BCUT2D eigenvalue weighted by molar-refractivity contribution is 5.75. The average Bonchev–Trinajstić information content (AvgIpc) is 3.01. The first-order valence-corrected chi connectivity index (χ1v) is 9.27. The zero-order valence-electron chi connectivity index (χ0n) is 14.2. The maximum atomic E-state index is 12.6. The van der Waals surface area contributed by atoms with Crippen molar-refractivity contribution in [2.75, 3.05) is 13.1 Å². The molecule has 1 N–H and O–H groups in total. The van der Waals surface area contributed by atoms with Gasteiger partial charge in [-0.25, -0.2) is 4.79 Å². The molecule has 6 nitrogen and oxygen atoms in total. The Bertz CT molecular complexity index is 766. The minimum absolute atomic E-state index is 0.121. The standard InChI is InChI=1S/C19H23N5O/c25-19(21-18-16-11-14-3-1-2-4-15(14)17(16)18)23-8-5-13(6-9-23)12-24-10-7-20-22-24/h1-4,7,10,13,16-18H,5-6,8-9,11-12H2,(H,21,25)/t16-,17+,18+/m0/s1. The number of rotatable bonds is 3. The van der Waals surface area contributed by atoms with E-state index in [1.165, 1.54) is 11.1 Å². The summed E-state index contributed by atoms with van der Waals surface area (Å²) >= 11 is 0. The van der Waals surface area contributed by atoms with Crippen LogP contribution in [0.1, 0.15) is 29.9 Å². The van der Waals surface area contributed by atoms with Crippen LogP contribution in [0.5, 0.6) is 0 Å². The number of hydrogen-bond donors (Lipinski definition) is 1. The Morgan fingerprint density at radius 2 is 2.08 bits per heavy atom. The number of likely N-dealkylation sites (tertiary alicyclic amines) is 1. The lowest BCUT2D eigenvalue weighted by molar-refractivity contribution is 0.163. The van der Waals surface area contributed by atoms with E-state index in [0.717, 1.165) is 38.9 Å². The number of piperidine rings is 1. The van der Waals surface area contributed by atoms with Crippen molar-refractivity contribution in [2.24, 2.45) is 11.8 Å². The van der Waals surface area contributed by atoms with Gasteiger partial charge in [-0.1, -0.05) is 29.5 Å². The maximum absolute atomic E-state index is 12.6. The molecule has 1 saturated carbocycles. The molecule has 6 heteroatoms. The number of benzene rings is 1. The molecular weight excluding hydrogens is 314 g/mol. The summed E-state index contributed by atoms with van der Waals surface area (Å²) in [6.45, 7) is 2.58. The molecule has 2 aliphatic carbocycles. The third-order valence-electron chi connectivity index (χ3n) is 6.15. The van der Waals surface area contributed by atoms with E-state index in [0.29, 0.717) is 23.8 Å². The largest absolute Gasteiger partial charge is 0.334 e. The van der Waals surface area contributed by atoms with Gasteiger partial charge in [-0.05, 0) is 42.2 Å². The predicted molar refractivity (Wildman–Crippen MR) is 93.0 cm³/mol. The van der Waals surface area contributed by atoms with E-state index in [-0.39, 0.29) is 6.03 Å². The highest BCUT2D eigenvalue weighted by Gasteiger charge is 2.56. The monoisotopic (exact) mass is 337 g/mol. The van der Waals surface area contributed by atoms with E-state index in [2.05, 4.69) is 39.9 Å². The van der Waals surface area contributed by atoms with Crippen molar-refractivity contribution >= 4 is 6.03 Å². The Labute approximate surface area is 147 Å². The number of nitrogens with zero attached hydrogens (tertiary/aromatic N) is 4. The third-order valence-corrected chi connectivity index (χ3v) is 6.15. The normalized spacial score (nSPS) is 27.7. The maximum Gasteiger partial charge on any atom is 0.317 e. The smallest absolute Gasteiger partial charge is 0.317 e. The molecule has 130 valence electrons. The molecule has 2 fully saturated rings. The number of nitrogens with one attached hydrogen (secondary N) is 1. The molecule has 1 aromatic heterocycles. The Balaban J connectivity index is 1.13. The first-order chi connectivity index (χ1) is 12.3. The Kier molecular flexibility index (Phi) is 3.50. The van der Waals surface area contributed by atoms with Crippen LogP contribution < -0.4 is 5.32 Å². The van der Waals surface area contributed by atoms with Crippen LogP contribution in [-0.4, -0.2) is 45.1 Å². The summed E-state index contributed by atoms with van der Waals surface area (Å²) in [5, 5.41) is 11.2. The van der Waals surface area contributed by atoms with E-state index in [1.54, 1.807) is 6.20 Å². The van der Waals surface area contributed by atoms with E-state index in [1.807, 2.05) is 15.8 Å². The fourth-order valence-electron chi connectivity index (χ4n) is 4.70. The zero-order valence-corrected chi connectivity index (χ0v) is 14.2.